The third-order valence-corrected chi connectivity index (χ3v) is 6.11. The Morgan fingerprint density at radius 3 is 2.40 bits per heavy atom. The normalized spacial score (nSPS) is 15.7. The van der Waals surface area contributed by atoms with E-state index in [2.05, 4.69) is 34.0 Å². The molecule has 0 atom stereocenters. The Bertz CT molecular complexity index is 932. The number of allylic oxidation sites excluding steroid dienone is 2. The maximum absolute atomic E-state index is 14.6. The van der Waals surface area contributed by atoms with Crippen LogP contribution in [0.5, 0.6) is 0 Å². The van der Waals surface area contributed by atoms with Gasteiger partial charge in [-0.3, -0.25) is 0 Å². The van der Waals surface area contributed by atoms with Gasteiger partial charge in [0.05, 0.1) is 6.54 Å². The summed E-state index contributed by atoms with van der Waals surface area (Å²) in [5.41, 5.74) is 2.27. The highest BCUT2D eigenvalue weighted by molar-refractivity contribution is 5.67. The van der Waals surface area contributed by atoms with E-state index in [9.17, 15) is 13.6 Å². The van der Waals surface area contributed by atoms with Gasteiger partial charge in [-0.1, -0.05) is 19.1 Å². The molecule has 1 aliphatic rings. The zero-order valence-corrected chi connectivity index (χ0v) is 22.2. The van der Waals surface area contributed by atoms with Crippen LogP contribution in [0.1, 0.15) is 71.0 Å². The molecule has 1 aromatic rings. The SMILES string of the molecule is C=C(C)C(F)(F)C1CCN(c2nc(CNC(=O)OC(C)(C)C)nc(C)c2C/C(=C\NC)CC)CC1. The molecular formula is C26H41F2N5O2. The zero-order valence-electron chi connectivity index (χ0n) is 22.2. The van der Waals surface area contributed by atoms with Crippen molar-refractivity contribution in [1.29, 1.82) is 0 Å². The van der Waals surface area contributed by atoms with E-state index in [1.54, 1.807) is 20.8 Å². The minimum Gasteiger partial charge on any atom is -0.444 e. The predicted octanol–water partition coefficient (Wildman–Crippen LogP) is 5.29. The molecule has 1 amide bonds. The number of hydrogen-bond acceptors (Lipinski definition) is 6. The van der Waals surface area contributed by atoms with E-state index < -0.39 is 23.5 Å². The second-order valence-electron chi connectivity index (χ2n) is 10.2. The first-order valence-electron chi connectivity index (χ1n) is 12.3. The maximum Gasteiger partial charge on any atom is 0.408 e. The van der Waals surface area contributed by atoms with Gasteiger partial charge in [-0.2, -0.15) is 0 Å². The number of carbonyl (C=O) groups is 1. The molecule has 0 aromatic carbocycles. The molecule has 0 radical (unpaired) electrons. The lowest BCUT2D eigenvalue weighted by Crippen LogP contribution is -2.42. The monoisotopic (exact) mass is 493 g/mol. The molecule has 1 aromatic heterocycles. The van der Waals surface area contributed by atoms with Crippen LogP contribution in [-0.4, -0.2) is 47.7 Å². The lowest BCUT2D eigenvalue weighted by molar-refractivity contribution is -0.0301. The number of hydrogen-bond donors (Lipinski definition) is 2. The van der Waals surface area contributed by atoms with Gasteiger partial charge in [-0.05, 0) is 65.7 Å². The van der Waals surface area contributed by atoms with Gasteiger partial charge in [-0.15, -0.1) is 0 Å². The molecule has 9 heteroatoms. The zero-order chi connectivity index (χ0) is 26.4. The molecule has 1 fully saturated rings. The number of alkyl halides is 2. The molecule has 2 rings (SSSR count). The quantitative estimate of drug-likeness (QED) is 0.455. The summed E-state index contributed by atoms with van der Waals surface area (Å²) in [6.07, 6.45) is 3.63. The molecule has 7 nitrogen and oxygen atoms in total. The Labute approximate surface area is 208 Å². The van der Waals surface area contributed by atoms with Crippen molar-refractivity contribution in [1.82, 2.24) is 20.6 Å². The van der Waals surface area contributed by atoms with Crippen molar-refractivity contribution in [2.24, 2.45) is 5.92 Å². The van der Waals surface area contributed by atoms with Gasteiger partial charge in [0.15, 0.2) is 0 Å². The van der Waals surface area contributed by atoms with Crippen molar-refractivity contribution in [3.8, 4) is 0 Å². The first-order chi connectivity index (χ1) is 16.3. The van der Waals surface area contributed by atoms with Crippen LogP contribution in [-0.2, 0) is 17.7 Å². The molecule has 35 heavy (non-hydrogen) atoms. The Morgan fingerprint density at radius 1 is 1.26 bits per heavy atom. The molecule has 0 bridgehead atoms. The van der Waals surface area contributed by atoms with Crippen LogP contribution in [0, 0.1) is 12.8 Å². The van der Waals surface area contributed by atoms with Gasteiger partial charge < -0.3 is 20.3 Å². The fourth-order valence-electron chi connectivity index (χ4n) is 4.16. The Kier molecular flexibility index (Phi) is 9.63. The van der Waals surface area contributed by atoms with Crippen molar-refractivity contribution >= 4 is 11.9 Å². The summed E-state index contributed by atoms with van der Waals surface area (Å²) in [5, 5.41) is 5.79. The van der Waals surface area contributed by atoms with Gasteiger partial charge in [-0.25, -0.2) is 23.5 Å². The minimum atomic E-state index is -2.87. The number of nitrogens with one attached hydrogen (secondary N) is 2. The molecular weight excluding hydrogens is 452 g/mol. The van der Waals surface area contributed by atoms with E-state index in [1.165, 1.54) is 12.5 Å². The summed E-state index contributed by atoms with van der Waals surface area (Å²) < 4.78 is 34.4. The molecule has 0 saturated carbocycles. The van der Waals surface area contributed by atoms with Crippen LogP contribution in [0.25, 0.3) is 0 Å². The maximum atomic E-state index is 14.6. The molecule has 0 unspecified atom stereocenters. The van der Waals surface area contributed by atoms with Crippen molar-refractivity contribution in [3.63, 3.8) is 0 Å². The standard InChI is InChI=1S/C26H41F2N5O2/c1-9-19(15-29-8)14-21-18(4)31-22(16-30-24(34)35-25(5,6)7)32-23(21)33-12-10-20(11-13-33)26(27,28)17(2)3/h15,20,29H,2,9-14,16H2,1,3-8H3,(H,30,34)/b19-15-. The number of ether oxygens (including phenoxy) is 1. The largest absolute Gasteiger partial charge is 0.444 e. The number of piperidine rings is 1. The van der Waals surface area contributed by atoms with E-state index in [0.717, 1.165) is 23.5 Å². The first kappa shape index (κ1) is 28.5. The van der Waals surface area contributed by atoms with Crippen LogP contribution in [0.3, 0.4) is 0 Å². The smallest absolute Gasteiger partial charge is 0.408 e. The number of carbonyl (C=O) groups excluding carboxylic acids is 1. The highest BCUT2D eigenvalue weighted by Crippen LogP contribution is 2.39. The van der Waals surface area contributed by atoms with E-state index >= 15 is 0 Å². The van der Waals surface area contributed by atoms with Gasteiger partial charge in [0, 0.05) is 43.7 Å². The van der Waals surface area contributed by atoms with Crippen molar-refractivity contribution < 1.29 is 18.3 Å². The summed E-state index contributed by atoms with van der Waals surface area (Å²) in [5.74, 6) is -2.40. The molecule has 196 valence electrons. The number of anilines is 1. The fourth-order valence-corrected chi connectivity index (χ4v) is 4.16. The van der Waals surface area contributed by atoms with Crippen molar-refractivity contribution in [2.75, 3.05) is 25.0 Å². The number of nitrogens with zero attached hydrogens (tertiary/aromatic N) is 3. The Morgan fingerprint density at radius 2 is 1.89 bits per heavy atom. The van der Waals surface area contributed by atoms with E-state index in [0.29, 0.717) is 38.2 Å². The third kappa shape index (κ3) is 7.90. The van der Waals surface area contributed by atoms with Crippen molar-refractivity contribution in [2.45, 2.75) is 85.3 Å². The number of aryl methyl sites for hydroxylation is 1. The topological polar surface area (TPSA) is 79.4 Å². The lowest BCUT2D eigenvalue weighted by Gasteiger charge is -2.37. The van der Waals surface area contributed by atoms with Crippen LogP contribution in [0.4, 0.5) is 19.4 Å². The van der Waals surface area contributed by atoms with Gasteiger partial charge in [0.1, 0.15) is 17.2 Å². The lowest BCUT2D eigenvalue weighted by atomic mass is 9.87. The van der Waals surface area contributed by atoms with Gasteiger partial charge in [0.2, 0.25) is 0 Å². The number of aromatic nitrogens is 2. The van der Waals surface area contributed by atoms with E-state index in [-0.39, 0.29) is 12.1 Å². The average Bonchev–Trinajstić information content (AvgIpc) is 2.77. The molecule has 0 spiro atoms. The molecule has 2 N–H and O–H groups in total. The highest BCUT2D eigenvalue weighted by atomic mass is 19.3. The summed E-state index contributed by atoms with van der Waals surface area (Å²) >= 11 is 0. The fraction of sp³-hybridized carbons (Fsp3) is 0.654. The molecule has 1 aliphatic heterocycles. The molecule has 1 saturated heterocycles. The number of amides is 1. The summed E-state index contributed by atoms with van der Waals surface area (Å²) in [6.45, 7) is 15.3. The first-order valence-corrected chi connectivity index (χ1v) is 12.3. The minimum absolute atomic E-state index is 0.0881. The van der Waals surface area contributed by atoms with Gasteiger partial charge in [0.25, 0.3) is 5.92 Å². The highest BCUT2D eigenvalue weighted by Gasteiger charge is 2.42. The summed E-state index contributed by atoms with van der Waals surface area (Å²) in [6, 6.07) is 0. The third-order valence-electron chi connectivity index (χ3n) is 6.11. The summed E-state index contributed by atoms with van der Waals surface area (Å²) in [7, 11) is 1.86. The van der Waals surface area contributed by atoms with Crippen LogP contribution in [0.15, 0.2) is 23.9 Å². The number of rotatable bonds is 9. The van der Waals surface area contributed by atoms with Crippen LogP contribution < -0.4 is 15.5 Å². The Hall–Kier alpha value is -2.71. The van der Waals surface area contributed by atoms with Crippen LogP contribution in [0.2, 0.25) is 0 Å². The van der Waals surface area contributed by atoms with E-state index in [4.69, 9.17) is 9.72 Å². The number of halogens is 2. The second-order valence-corrected chi connectivity index (χ2v) is 10.2. The van der Waals surface area contributed by atoms with Crippen molar-refractivity contribution in [3.05, 3.63) is 41.0 Å². The Balaban J connectivity index is 2.32. The predicted molar refractivity (Wildman–Crippen MR) is 136 cm³/mol. The number of alkyl carbamates (subject to hydrolysis) is 1. The summed E-state index contributed by atoms with van der Waals surface area (Å²) in [4.78, 5) is 23.6. The van der Waals surface area contributed by atoms with Gasteiger partial charge >= 0.3 is 6.09 Å². The van der Waals surface area contributed by atoms with E-state index in [1.807, 2.05) is 20.2 Å². The second kappa shape index (κ2) is 11.8. The molecule has 0 aliphatic carbocycles. The average molecular weight is 494 g/mol. The molecule has 2 heterocycles. The van der Waals surface area contributed by atoms with Crippen LogP contribution >= 0.6 is 0 Å².